The molecule has 0 bridgehead atoms. The Morgan fingerprint density at radius 1 is 1.21 bits per heavy atom. The van der Waals surface area contributed by atoms with Gasteiger partial charge in [0.25, 0.3) is 0 Å². The number of hydrogen-bond acceptors (Lipinski definition) is 4. The van der Waals surface area contributed by atoms with Crippen molar-refractivity contribution in [2.75, 3.05) is 25.4 Å². The molecule has 0 aliphatic carbocycles. The summed E-state index contributed by atoms with van der Waals surface area (Å²) in [5, 5.41) is 0. The minimum absolute atomic E-state index is 0.217. The van der Waals surface area contributed by atoms with Crippen molar-refractivity contribution in [1.82, 2.24) is 14.8 Å². The summed E-state index contributed by atoms with van der Waals surface area (Å²) >= 11 is 1.57. The van der Waals surface area contributed by atoms with Crippen molar-refractivity contribution in [3.63, 3.8) is 0 Å². The van der Waals surface area contributed by atoms with Gasteiger partial charge >= 0.3 is 0 Å². The lowest BCUT2D eigenvalue weighted by molar-refractivity contribution is -0.132. The average Bonchev–Trinajstić information content (AvgIpc) is 3.04. The molecule has 2 aliphatic heterocycles. The lowest BCUT2D eigenvalue weighted by atomic mass is 9.99. The van der Waals surface area contributed by atoms with Crippen LogP contribution in [0.5, 0.6) is 0 Å². The van der Waals surface area contributed by atoms with Crippen molar-refractivity contribution in [2.24, 2.45) is 0 Å². The highest BCUT2D eigenvalue weighted by atomic mass is 32.2. The van der Waals surface area contributed by atoms with Crippen LogP contribution in [0.1, 0.15) is 38.5 Å². The maximum absolute atomic E-state index is 12.7. The molecule has 0 aromatic carbocycles. The number of piperidine rings is 1. The van der Waals surface area contributed by atoms with Gasteiger partial charge < -0.3 is 9.80 Å². The van der Waals surface area contributed by atoms with Gasteiger partial charge in [0.2, 0.25) is 11.8 Å². The number of amides is 2. The van der Waals surface area contributed by atoms with Gasteiger partial charge in [-0.2, -0.15) is 0 Å². The van der Waals surface area contributed by atoms with E-state index in [1.807, 2.05) is 17.0 Å². The van der Waals surface area contributed by atoms with E-state index in [4.69, 9.17) is 0 Å². The number of likely N-dealkylation sites (tertiary alicyclic amines) is 2. The first kappa shape index (κ1) is 17.3. The summed E-state index contributed by atoms with van der Waals surface area (Å²) in [4.78, 5) is 33.5. The first-order valence-electron chi connectivity index (χ1n) is 8.84. The molecule has 3 rings (SSSR count). The summed E-state index contributed by atoms with van der Waals surface area (Å²) in [5.41, 5.74) is 0. The molecule has 1 atom stereocenters. The third-order valence-electron chi connectivity index (χ3n) is 4.86. The first-order chi connectivity index (χ1) is 11.7. The number of aromatic nitrogens is 1. The molecule has 2 aliphatic rings. The molecular weight excluding hydrogens is 322 g/mol. The number of thioether (sulfide) groups is 1. The van der Waals surface area contributed by atoms with Gasteiger partial charge in [0.1, 0.15) is 0 Å². The number of carbonyl (C=O) groups excluding carboxylic acids is 2. The van der Waals surface area contributed by atoms with Crippen LogP contribution in [0.4, 0.5) is 0 Å². The average molecular weight is 347 g/mol. The van der Waals surface area contributed by atoms with Crippen LogP contribution in [0.3, 0.4) is 0 Å². The van der Waals surface area contributed by atoms with E-state index in [1.165, 1.54) is 6.42 Å². The van der Waals surface area contributed by atoms with Gasteiger partial charge in [-0.15, -0.1) is 11.8 Å². The van der Waals surface area contributed by atoms with Crippen LogP contribution in [0, 0.1) is 0 Å². The van der Waals surface area contributed by atoms with Crippen LogP contribution in [0.25, 0.3) is 0 Å². The second kappa shape index (κ2) is 8.51. The SMILES string of the molecule is O=C1CCCN1CCC1CCCCN1C(=O)CSc1ccncc1. The molecule has 3 heterocycles. The molecule has 1 aromatic heterocycles. The summed E-state index contributed by atoms with van der Waals surface area (Å²) in [6, 6.07) is 4.16. The van der Waals surface area contributed by atoms with E-state index in [0.29, 0.717) is 12.2 Å². The van der Waals surface area contributed by atoms with Crippen LogP contribution >= 0.6 is 11.8 Å². The lowest BCUT2D eigenvalue weighted by Crippen LogP contribution is -2.46. The van der Waals surface area contributed by atoms with Gasteiger partial charge in [0, 0.05) is 49.4 Å². The molecule has 2 fully saturated rings. The lowest BCUT2D eigenvalue weighted by Gasteiger charge is -2.36. The predicted octanol–water partition coefficient (Wildman–Crippen LogP) is 2.57. The van der Waals surface area contributed by atoms with Crippen LogP contribution in [0.2, 0.25) is 0 Å². The van der Waals surface area contributed by atoms with Gasteiger partial charge in [0.05, 0.1) is 5.75 Å². The molecule has 0 spiro atoms. The van der Waals surface area contributed by atoms with E-state index >= 15 is 0 Å². The standard InChI is InChI=1S/C18H25N3O2S/c22-17-5-3-11-20(17)13-8-15-4-1-2-12-21(15)18(23)14-24-16-6-9-19-10-7-16/h6-7,9-10,15H,1-5,8,11-14H2. The number of rotatable bonds is 6. The Morgan fingerprint density at radius 2 is 2.04 bits per heavy atom. The van der Waals surface area contributed by atoms with Gasteiger partial charge in [0.15, 0.2) is 0 Å². The molecule has 130 valence electrons. The minimum atomic E-state index is 0.217. The fourth-order valence-corrected chi connectivity index (χ4v) is 4.31. The Balaban J connectivity index is 1.51. The zero-order valence-electron chi connectivity index (χ0n) is 14.0. The van der Waals surface area contributed by atoms with Crippen LogP contribution in [0.15, 0.2) is 29.4 Å². The quantitative estimate of drug-likeness (QED) is 0.742. The number of nitrogens with zero attached hydrogens (tertiary/aromatic N) is 3. The maximum atomic E-state index is 12.7. The topological polar surface area (TPSA) is 53.5 Å². The molecule has 6 heteroatoms. The van der Waals surface area contributed by atoms with Crippen molar-refractivity contribution in [2.45, 2.75) is 49.5 Å². The van der Waals surface area contributed by atoms with E-state index in [-0.39, 0.29) is 17.9 Å². The Morgan fingerprint density at radius 3 is 2.79 bits per heavy atom. The molecule has 0 saturated carbocycles. The Bertz CT molecular complexity index is 567. The molecule has 2 saturated heterocycles. The number of hydrogen-bond donors (Lipinski definition) is 0. The second-order valence-electron chi connectivity index (χ2n) is 6.48. The zero-order chi connectivity index (χ0) is 16.8. The van der Waals surface area contributed by atoms with E-state index in [0.717, 1.165) is 50.2 Å². The Labute approximate surface area is 147 Å². The Kier molecular flexibility index (Phi) is 6.12. The fraction of sp³-hybridized carbons (Fsp3) is 0.611. The van der Waals surface area contributed by atoms with Crippen LogP contribution in [-0.4, -0.2) is 58.0 Å². The summed E-state index contributed by atoms with van der Waals surface area (Å²) in [6.07, 6.45) is 9.42. The smallest absolute Gasteiger partial charge is 0.233 e. The highest BCUT2D eigenvalue weighted by molar-refractivity contribution is 8.00. The summed E-state index contributed by atoms with van der Waals surface area (Å²) < 4.78 is 0. The van der Waals surface area contributed by atoms with Gasteiger partial charge in [-0.25, -0.2) is 0 Å². The highest BCUT2D eigenvalue weighted by Crippen LogP contribution is 2.24. The predicted molar refractivity (Wildman–Crippen MR) is 94.7 cm³/mol. The number of carbonyl (C=O) groups is 2. The molecule has 0 radical (unpaired) electrons. The maximum Gasteiger partial charge on any atom is 0.233 e. The van der Waals surface area contributed by atoms with Crippen molar-refractivity contribution in [3.05, 3.63) is 24.5 Å². The molecule has 2 amide bonds. The molecule has 0 N–H and O–H groups in total. The van der Waals surface area contributed by atoms with Gasteiger partial charge in [-0.3, -0.25) is 14.6 Å². The van der Waals surface area contributed by atoms with E-state index in [1.54, 1.807) is 24.2 Å². The molecule has 5 nitrogen and oxygen atoms in total. The fourth-order valence-electron chi connectivity index (χ4n) is 3.54. The largest absolute Gasteiger partial charge is 0.343 e. The Hall–Kier alpha value is -1.56. The molecule has 24 heavy (non-hydrogen) atoms. The molecular formula is C18H25N3O2S. The van der Waals surface area contributed by atoms with Gasteiger partial charge in [-0.05, 0) is 44.2 Å². The van der Waals surface area contributed by atoms with Crippen LogP contribution in [-0.2, 0) is 9.59 Å². The number of pyridine rings is 1. The second-order valence-corrected chi connectivity index (χ2v) is 7.53. The molecule has 1 aromatic rings. The van der Waals surface area contributed by atoms with E-state index in [2.05, 4.69) is 9.88 Å². The van der Waals surface area contributed by atoms with Crippen molar-refractivity contribution >= 4 is 23.6 Å². The minimum Gasteiger partial charge on any atom is -0.343 e. The summed E-state index contributed by atoms with van der Waals surface area (Å²) in [6.45, 7) is 2.54. The summed E-state index contributed by atoms with van der Waals surface area (Å²) in [5.74, 6) is 0.967. The first-order valence-corrected chi connectivity index (χ1v) is 9.82. The van der Waals surface area contributed by atoms with Crippen molar-refractivity contribution in [1.29, 1.82) is 0 Å². The zero-order valence-corrected chi connectivity index (χ0v) is 14.8. The van der Waals surface area contributed by atoms with Crippen molar-refractivity contribution in [3.8, 4) is 0 Å². The van der Waals surface area contributed by atoms with E-state index in [9.17, 15) is 9.59 Å². The van der Waals surface area contributed by atoms with Crippen LogP contribution < -0.4 is 0 Å². The highest BCUT2D eigenvalue weighted by Gasteiger charge is 2.28. The third kappa shape index (κ3) is 4.50. The molecule has 1 unspecified atom stereocenters. The van der Waals surface area contributed by atoms with Crippen molar-refractivity contribution < 1.29 is 9.59 Å². The van der Waals surface area contributed by atoms with E-state index < -0.39 is 0 Å². The third-order valence-corrected chi connectivity index (χ3v) is 5.86. The summed E-state index contributed by atoms with van der Waals surface area (Å²) in [7, 11) is 0. The van der Waals surface area contributed by atoms with Gasteiger partial charge in [-0.1, -0.05) is 0 Å². The monoisotopic (exact) mass is 347 g/mol. The normalized spacial score (nSPS) is 21.3.